The summed E-state index contributed by atoms with van der Waals surface area (Å²) in [4.78, 5) is 13.4. The molecule has 9 nitrogen and oxygen atoms in total. The number of hydrogen-bond acceptors (Lipinski definition) is 4. The Morgan fingerprint density at radius 2 is 1.79 bits per heavy atom. The van der Waals surface area contributed by atoms with Gasteiger partial charge < -0.3 is 10.1 Å². The highest BCUT2D eigenvalue weighted by Crippen LogP contribution is 2.39. The van der Waals surface area contributed by atoms with Crippen LogP contribution in [0.4, 0.5) is 10.6 Å². The molecule has 0 aliphatic heterocycles. The van der Waals surface area contributed by atoms with E-state index in [1.54, 1.807) is 4.68 Å². The third-order valence-corrected chi connectivity index (χ3v) is 8.01. The van der Waals surface area contributed by atoms with Crippen LogP contribution >= 0.6 is 0 Å². The van der Waals surface area contributed by atoms with E-state index in [0.29, 0.717) is 11.7 Å². The second-order valence-corrected chi connectivity index (χ2v) is 12.7. The molecule has 0 saturated heterocycles. The van der Waals surface area contributed by atoms with Gasteiger partial charge in [0.2, 0.25) is 5.82 Å². The van der Waals surface area contributed by atoms with Gasteiger partial charge in [0.25, 0.3) is 0 Å². The van der Waals surface area contributed by atoms with Crippen LogP contribution in [0, 0.1) is 6.92 Å². The van der Waals surface area contributed by atoms with Gasteiger partial charge in [0.15, 0.2) is 5.75 Å². The van der Waals surface area contributed by atoms with E-state index in [4.69, 9.17) is 9.84 Å². The maximum Gasteiger partial charge on any atom is 0.320 e. The van der Waals surface area contributed by atoms with Crippen LogP contribution in [0.2, 0.25) is 0 Å². The molecule has 0 spiro atoms. The number of fused-ring (bicyclic) bond motifs is 2. The van der Waals surface area contributed by atoms with Crippen LogP contribution in [0.15, 0.2) is 72.9 Å². The first-order valence-electron chi connectivity index (χ1n) is 15.0. The fraction of sp³-hybridized carbons (Fsp3) is 0.353. The number of benzene rings is 2. The molecule has 0 saturated carbocycles. The number of rotatable bonds is 6. The first kappa shape index (κ1) is 28.5. The molecular weight excluding hydrogens is 538 g/mol. The molecule has 6 rings (SSSR count). The standard InChI is InChI=1S/C34H39N7O2/c1-21(2)32-38-37-30-18-15-24(20-40(30)32)43-28-17-16-27(25-9-7-8-10-26(25)28)35-33(42)36-31-19-29(34(4,5)6)39-41(31)23-13-11-22(3)12-14-23/h7-15,18-21,27-28H,16-17H2,1-6H3,(H2,35,36,39,42)/p+1/t27-,28-/m0/s1. The van der Waals surface area contributed by atoms with Gasteiger partial charge in [-0.15, -0.1) is 5.10 Å². The largest absolute Gasteiger partial charge is 0.483 e. The van der Waals surface area contributed by atoms with Crippen molar-refractivity contribution < 1.29 is 13.9 Å². The number of amides is 2. The molecular formula is C34H40N7O2+. The fourth-order valence-electron chi connectivity index (χ4n) is 5.62. The number of ether oxygens (including phenoxy) is 1. The normalized spacial score (nSPS) is 16.7. The van der Waals surface area contributed by atoms with Gasteiger partial charge in [-0.2, -0.15) is 9.50 Å². The number of pyridine rings is 1. The van der Waals surface area contributed by atoms with Crippen molar-refractivity contribution in [2.24, 2.45) is 0 Å². The molecule has 1 aliphatic carbocycles. The Morgan fingerprint density at radius 1 is 1.05 bits per heavy atom. The van der Waals surface area contributed by atoms with E-state index in [1.165, 1.54) is 5.56 Å². The van der Waals surface area contributed by atoms with E-state index < -0.39 is 0 Å². The SMILES string of the molecule is Cc1ccc(-n2nc(C(C)(C)C)cc2NC(=O)N[C@H]2CC[C@H](Oc3ccc4n[nH]c(C(C)C)[n+]4c3)c3ccccc32)cc1. The number of H-pyrrole nitrogens is 1. The Hall–Kier alpha value is -4.66. The second kappa shape index (κ2) is 11.2. The molecule has 43 heavy (non-hydrogen) atoms. The lowest BCUT2D eigenvalue weighted by molar-refractivity contribution is -0.524. The van der Waals surface area contributed by atoms with E-state index >= 15 is 0 Å². The van der Waals surface area contributed by atoms with Crippen LogP contribution in [-0.4, -0.2) is 26.0 Å². The lowest BCUT2D eigenvalue weighted by atomic mass is 9.85. The zero-order chi connectivity index (χ0) is 30.3. The molecule has 3 heterocycles. The highest BCUT2D eigenvalue weighted by molar-refractivity contribution is 5.89. The van der Waals surface area contributed by atoms with Crippen LogP contribution in [0.25, 0.3) is 11.3 Å². The summed E-state index contributed by atoms with van der Waals surface area (Å²) in [6.07, 6.45) is 3.39. The average molecular weight is 579 g/mol. The van der Waals surface area contributed by atoms with Gasteiger partial charge in [0.05, 0.1) is 17.4 Å². The molecule has 0 fully saturated rings. The Bertz CT molecular complexity index is 1760. The molecule has 2 aromatic carbocycles. The van der Waals surface area contributed by atoms with Crippen LogP contribution < -0.4 is 19.8 Å². The van der Waals surface area contributed by atoms with Crippen LogP contribution in [0.3, 0.4) is 0 Å². The van der Waals surface area contributed by atoms with Crippen molar-refractivity contribution in [3.8, 4) is 11.4 Å². The summed E-state index contributed by atoms with van der Waals surface area (Å²) in [5, 5.41) is 18.7. The maximum atomic E-state index is 13.4. The number of anilines is 1. The van der Waals surface area contributed by atoms with Gasteiger partial charge >= 0.3 is 11.7 Å². The van der Waals surface area contributed by atoms with Gasteiger partial charge in [-0.05, 0) is 49.1 Å². The van der Waals surface area contributed by atoms with Crippen molar-refractivity contribution in [1.82, 2.24) is 25.3 Å². The lowest BCUT2D eigenvalue weighted by Crippen LogP contribution is -2.36. The summed E-state index contributed by atoms with van der Waals surface area (Å²) in [6, 6.07) is 21.8. The molecule has 3 N–H and O–H groups in total. The third-order valence-electron chi connectivity index (χ3n) is 8.01. The number of aromatic amines is 1. The molecule has 2 amide bonds. The van der Waals surface area contributed by atoms with Gasteiger partial charge in [-0.1, -0.05) is 76.6 Å². The Morgan fingerprint density at radius 3 is 2.51 bits per heavy atom. The van der Waals surface area contributed by atoms with E-state index in [1.807, 2.05) is 60.8 Å². The van der Waals surface area contributed by atoms with E-state index in [9.17, 15) is 4.79 Å². The number of aromatic nitrogens is 5. The summed E-state index contributed by atoms with van der Waals surface area (Å²) in [5.74, 6) is 2.74. The lowest BCUT2D eigenvalue weighted by Gasteiger charge is -2.32. The highest BCUT2D eigenvalue weighted by atomic mass is 16.5. The number of carbonyl (C=O) groups excluding carboxylic acids is 1. The summed E-state index contributed by atoms with van der Waals surface area (Å²) in [6.45, 7) is 12.7. The van der Waals surface area contributed by atoms with Crippen molar-refractivity contribution in [1.29, 1.82) is 0 Å². The number of nitrogens with one attached hydrogen (secondary N) is 3. The summed E-state index contributed by atoms with van der Waals surface area (Å²) < 4.78 is 10.4. The minimum Gasteiger partial charge on any atom is -0.483 e. The van der Waals surface area contributed by atoms with Crippen molar-refractivity contribution in [2.45, 2.75) is 77.9 Å². The van der Waals surface area contributed by atoms with E-state index in [0.717, 1.165) is 52.6 Å². The molecule has 3 aromatic heterocycles. The predicted octanol–water partition coefficient (Wildman–Crippen LogP) is 6.84. The monoisotopic (exact) mass is 578 g/mol. The number of urea groups is 1. The molecule has 222 valence electrons. The average Bonchev–Trinajstić information content (AvgIpc) is 3.59. The number of hydrogen-bond donors (Lipinski definition) is 3. The number of nitrogens with zero attached hydrogens (tertiary/aromatic N) is 4. The molecule has 0 unspecified atom stereocenters. The molecule has 1 aliphatic rings. The summed E-state index contributed by atoms with van der Waals surface area (Å²) in [7, 11) is 0. The molecule has 0 bridgehead atoms. The second-order valence-electron chi connectivity index (χ2n) is 12.7. The van der Waals surface area contributed by atoms with E-state index in [-0.39, 0.29) is 23.6 Å². The van der Waals surface area contributed by atoms with Gasteiger partial charge in [0, 0.05) is 28.6 Å². The molecule has 9 heteroatoms. The summed E-state index contributed by atoms with van der Waals surface area (Å²) in [5.41, 5.74) is 5.80. The van der Waals surface area contributed by atoms with Crippen molar-refractivity contribution in [3.63, 3.8) is 0 Å². The fourth-order valence-corrected chi connectivity index (χ4v) is 5.62. The van der Waals surface area contributed by atoms with Gasteiger partial charge in [0.1, 0.15) is 18.1 Å². The minimum absolute atomic E-state index is 0.123. The summed E-state index contributed by atoms with van der Waals surface area (Å²) >= 11 is 0. The van der Waals surface area contributed by atoms with Gasteiger partial charge in [-0.25, -0.2) is 9.48 Å². The Kier molecular flexibility index (Phi) is 7.42. The zero-order valence-electron chi connectivity index (χ0n) is 25.7. The van der Waals surface area contributed by atoms with Crippen molar-refractivity contribution in [3.05, 3.63) is 101 Å². The zero-order valence-corrected chi connectivity index (χ0v) is 25.7. The minimum atomic E-state index is -0.268. The maximum absolute atomic E-state index is 13.4. The quantitative estimate of drug-likeness (QED) is 0.192. The highest BCUT2D eigenvalue weighted by Gasteiger charge is 2.30. The van der Waals surface area contributed by atoms with Crippen molar-refractivity contribution >= 4 is 17.5 Å². The smallest absolute Gasteiger partial charge is 0.320 e. The Balaban J connectivity index is 1.21. The molecule has 2 atom stereocenters. The van der Waals surface area contributed by atoms with Crippen molar-refractivity contribution in [2.75, 3.05) is 5.32 Å². The first-order chi connectivity index (χ1) is 20.6. The first-order valence-corrected chi connectivity index (χ1v) is 15.0. The number of carbonyl (C=O) groups is 1. The van der Waals surface area contributed by atoms with Crippen LogP contribution in [0.5, 0.6) is 5.75 Å². The Labute approximate surface area is 252 Å². The predicted molar refractivity (Wildman–Crippen MR) is 167 cm³/mol. The van der Waals surface area contributed by atoms with Crippen LogP contribution in [-0.2, 0) is 5.41 Å². The molecule has 0 radical (unpaired) electrons. The molecule has 5 aromatic rings. The topological polar surface area (TPSA) is 101 Å². The van der Waals surface area contributed by atoms with E-state index in [2.05, 4.69) is 78.9 Å². The third kappa shape index (κ3) is 5.84. The van der Waals surface area contributed by atoms with Crippen LogP contribution in [0.1, 0.15) is 93.7 Å². The van der Waals surface area contributed by atoms with Gasteiger partial charge in [-0.3, -0.25) is 5.32 Å². The number of aryl methyl sites for hydroxylation is 1.